The molecule has 6 heteroatoms. The summed E-state index contributed by atoms with van der Waals surface area (Å²) >= 11 is 0. The van der Waals surface area contributed by atoms with Crippen LogP contribution in [0.3, 0.4) is 0 Å². The van der Waals surface area contributed by atoms with Crippen molar-refractivity contribution in [3.8, 4) is 11.5 Å². The Kier molecular flexibility index (Phi) is 11.7. The molecular weight excluding hydrogens is 478 g/mol. The molecule has 38 heavy (non-hydrogen) atoms. The van der Waals surface area contributed by atoms with Crippen LogP contribution in [-0.4, -0.2) is 42.0 Å². The highest BCUT2D eigenvalue weighted by Crippen LogP contribution is 2.40. The largest absolute Gasteiger partial charge is 0.507 e. The number of carbonyl (C=O) groups is 2. The van der Waals surface area contributed by atoms with Crippen LogP contribution in [0.4, 0.5) is 0 Å². The predicted molar refractivity (Wildman–Crippen MR) is 151 cm³/mol. The zero-order chi connectivity index (χ0) is 27.3. The fourth-order valence-corrected chi connectivity index (χ4v) is 5.04. The number of hydrogen-bond acceptors (Lipinski definition) is 5. The molecule has 3 rings (SSSR count). The Morgan fingerprint density at radius 1 is 0.789 bits per heavy atom. The third-order valence-corrected chi connectivity index (χ3v) is 7.16. The number of carbonyl (C=O) groups excluding carboxylic acids is 2. The fraction of sp³-hybridized carbons (Fsp3) is 0.500. The molecule has 0 bridgehead atoms. The van der Waals surface area contributed by atoms with Crippen LogP contribution >= 0.6 is 0 Å². The van der Waals surface area contributed by atoms with Crippen molar-refractivity contribution in [2.45, 2.75) is 84.1 Å². The highest BCUT2D eigenvalue weighted by Gasteiger charge is 2.45. The fourth-order valence-electron chi connectivity index (χ4n) is 5.04. The Hall–Kier alpha value is -3.28. The third-order valence-electron chi connectivity index (χ3n) is 7.16. The number of nitrogens with zero attached hydrogens (tertiary/aromatic N) is 1. The number of benzene rings is 2. The van der Waals surface area contributed by atoms with Gasteiger partial charge in [-0.15, -0.1) is 0 Å². The zero-order valence-corrected chi connectivity index (χ0v) is 23.2. The first-order chi connectivity index (χ1) is 18.5. The van der Waals surface area contributed by atoms with E-state index in [2.05, 4.69) is 6.92 Å². The monoisotopic (exact) mass is 521 g/mol. The lowest BCUT2D eigenvalue weighted by atomic mass is 9.95. The highest BCUT2D eigenvalue weighted by molar-refractivity contribution is 6.46. The van der Waals surface area contributed by atoms with Crippen molar-refractivity contribution in [2.24, 2.45) is 0 Å². The summed E-state index contributed by atoms with van der Waals surface area (Å²) in [6.07, 6.45) is 11.9. The highest BCUT2D eigenvalue weighted by atomic mass is 16.5. The molecule has 1 N–H and O–H groups in total. The van der Waals surface area contributed by atoms with Crippen molar-refractivity contribution in [2.75, 3.05) is 20.3 Å². The van der Waals surface area contributed by atoms with Crippen LogP contribution in [-0.2, 0) is 9.59 Å². The van der Waals surface area contributed by atoms with Crippen molar-refractivity contribution >= 4 is 17.4 Å². The van der Waals surface area contributed by atoms with Crippen molar-refractivity contribution in [3.63, 3.8) is 0 Å². The van der Waals surface area contributed by atoms with E-state index in [1.807, 2.05) is 31.2 Å². The molecule has 1 heterocycles. The molecule has 2 aromatic carbocycles. The number of ketones is 1. The number of unbranched alkanes of at least 4 members (excludes halogenated alkanes) is 9. The van der Waals surface area contributed by atoms with Crippen molar-refractivity contribution in [3.05, 3.63) is 65.2 Å². The molecule has 1 atom stereocenters. The average molecular weight is 522 g/mol. The van der Waals surface area contributed by atoms with E-state index in [-0.39, 0.29) is 11.3 Å². The molecule has 0 radical (unpaired) electrons. The molecule has 1 fully saturated rings. The maximum absolute atomic E-state index is 13.2. The number of aliphatic hydroxyl groups is 1. The van der Waals surface area contributed by atoms with E-state index in [9.17, 15) is 14.7 Å². The van der Waals surface area contributed by atoms with Crippen LogP contribution in [0.15, 0.2) is 54.1 Å². The van der Waals surface area contributed by atoms with E-state index in [4.69, 9.17) is 9.47 Å². The SMILES string of the molecule is CCCCCCCCCCCCN1C(=O)C(=O)C(=C(O)c2ccc(OC)cc2)[C@H]1c1ccc(OCC)cc1. The maximum atomic E-state index is 13.2. The van der Waals surface area contributed by atoms with Gasteiger partial charge in [-0.3, -0.25) is 9.59 Å². The lowest BCUT2D eigenvalue weighted by Crippen LogP contribution is -2.30. The number of Topliss-reactive ketones (excluding diaryl/α,β-unsaturated/α-hetero) is 1. The molecule has 0 aromatic heterocycles. The van der Waals surface area contributed by atoms with Crippen molar-refractivity contribution < 1.29 is 24.2 Å². The van der Waals surface area contributed by atoms with Gasteiger partial charge in [0.1, 0.15) is 17.3 Å². The molecule has 0 spiro atoms. The minimum atomic E-state index is -0.649. The molecular formula is C32H43NO5. The lowest BCUT2D eigenvalue weighted by molar-refractivity contribution is -0.139. The number of ether oxygens (including phenoxy) is 2. The van der Waals surface area contributed by atoms with Crippen molar-refractivity contribution in [1.29, 1.82) is 0 Å². The number of hydrogen-bond donors (Lipinski definition) is 1. The Balaban J connectivity index is 1.75. The second-order valence-electron chi connectivity index (χ2n) is 9.91. The van der Waals surface area contributed by atoms with Gasteiger partial charge in [0.25, 0.3) is 11.7 Å². The number of amides is 1. The number of methoxy groups -OCH3 is 1. The molecule has 0 aliphatic carbocycles. The van der Waals surface area contributed by atoms with Gasteiger partial charge in [-0.1, -0.05) is 76.8 Å². The minimum Gasteiger partial charge on any atom is -0.507 e. The minimum absolute atomic E-state index is 0.122. The van der Waals surface area contributed by atoms with Crippen LogP contribution in [0.5, 0.6) is 11.5 Å². The van der Waals surface area contributed by atoms with Crippen LogP contribution in [0.1, 0.15) is 95.2 Å². The first-order valence-electron chi connectivity index (χ1n) is 14.2. The topological polar surface area (TPSA) is 76.1 Å². The molecule has 2 aromatic rings. The lowest BCUT2D eigenvalue weighted by Gasteiger charge is -2.25. The summed E-state index contributed by atoms with van der Waals surface area (Å²) < 4.78 is 10.8. The normalized spacial score (nSPS) is 16.7. The van der Waals surface area contributed by atoms with Gasteiger partial charge < -0.3 is 19.5 Å². The summed E-state index contributed by atoms with van der Waals surface area (Å²) in [5.74, 6) is -0.0151. The van der Waals surface area contributed by atoms with E-state index >= 15 is 0 Å². The summed E-state index contributed by atoms with van der Waals surface area (Å²) in [6.45, 7) is 5.18. The molecule has 0 saturated carbocycles. The quantitative estimate of drug-likeness (QED) is 0.108. The molecule has 1 aliphatic rings. The molecule has 0 unspecified atom stereocenters. The molecule has 6 nitrogen and oxygen atoms in total. The molecule has 206 valence electrons. The van der Waals surface area contributed by atoms with Gasteiger partial charge in [-0.05, 0) is 55.3 Å². The Morgan fingerprint density at radius 3 is 1.89 bits per heavy atom. The van der Waals surface area contributed by atoms with E-state index in [0.29, 0.717) is 24.5 Å². The smallest absolute Gasteiger partial charge is 0.295 e. The number of likely N-dealkylation sites (tertiary alicyclic amines) is 1. The molecule has 1 aliphatic heterocycles. The average Bonchev–Trinajstić information content (AvgIpc) is 3.19. The van der Waals surface area contributed by atoms with Gasteiger partial charge in [-0.2, -0.15) is 0 Å². The van der Waals surface area contributed by atoms with Gasteiger partial charge in [0, 0.05) is 12.1 Å². The third kappa shape index (κ3) is 7.62. The van der Waals surface area contributed by atoms with E-state index in [1.54, 1.807) is 36.3 Å². The second kappa shape index (κ2) is 15.2. The number of aliphatic hydroxyl groups excluding tert-OH is 1. The summed E-state index contributed by atoms with van der Waals surface area (Å²) in [5.41, 5.74) is 1.37. The first kappa shape index (κ1) is 29.3. The first-order valence-corrected chi connectivity index (χ1v) is 14.2. The Labute approximate surface area is 227 Å². The zero-order valence-electron chi connectivity index (χ0n) is 23.2. The van der Waals surface area contributed by atoms with Gasteiger partial charge in [0.15, 0.2) is 0 Å². The summed E-state index contributed by atoms with van der Waals surface area (Å²) in [7, 11) is 1.57. The van der Waals surface area contributed by atoms with Gasteiger partial charge in [0.2, 0.25) is 0 Å². The summed E-state index contributed by atoms with van der Waals surface area (Å²) in [5, 5.41) is 11.2. The molecule has 1 saturated heterocycles. The second-order valence-corrected chi connectivity index (χ2v) is 9.91. The van der Waals surface area contributed by atoms with Crippen molar-refractivity contribution in [1.82, 2.24) is 4.90 Å². The van der Waals surface area contributed by atoms with Gasteiger partial charge >= 0.3 is 0 Å². The van der Waals surface area contributed by atoms with E-state index in [1.165, 1.54) is 44.9 Å². The summed E-state index contributed by atoms with van der Waals surface area (Å²) in [6, 6.07) is 13.6. The summed E-state index contributed by atoms with van der Waals surface area (Å²) in [4.78, 5) is 28.0. The van der Waals surface area contributed by atoms with Crippen LogP contribution < -0.4 is 9.47 Å². The van der Waals surface area contributed by atoms with E-state index < -0.39 is 17.7 Å². The van der Waals surface area contributed by atoms with Gasteiger partial charge in [0.05, 0.1) is 25.3 Å². The molecule has 1 amide bonds. The standard InChI is InChI=1S/C32H43NO5/c1-4-6-7-8-9-10-11-12-13-14-23-33-29(24-15-21-27(22-16-24)38-5-2)28(31(35)32(33)36)30(34)25-17-19-26(37-3)20-18-25/h15-22,29,34H,4-14,23H2,1-3H3/t29-/m1/s1. The maximum Gasteiger partial charge on any atom is 0.295 e. The Morgan fingerprint density at radius 2 is 1.34 bits per heavy atom. The van der Waals surface area contributed by atoms with Gasteiger partial charge in [-0.25, -0.2) is 0 Å². The Bertz CT molecular complexity index is 1060. The predicted octanol–water partition coefficient (Wildman–Crippen LogP) is 7.44. The number of rotatable bonds is 16. The van der Waals surface area contributed by atoms with Crippen LogP contribution in [0, 0.1) is 0 Å². The van der Waals surface area contributed by atoms with E-state index in [0.717, 1.165) is 30.6 Å². The van der Waals surface area contributed by atoms with Crippen LogP contribution in [0.25, 0.3) is 5.76 Å². The van der Waals surface area contributed by atoms with Crippen LogP contribution in [0.2, 0.25) is 0 Å².